The van der Waals surface area contributed by atoms with Gasteiger partial charge in [-0.1, -0.05) is 62.4 Å². The lowest BCUT2D eigenvalue weighted by atomic mass is 9.96. The molecule has 3 aromatic rings. The van der Waals surface area contributed by atoms with Crippen LogP contribution in [0.1, 0.15) is 44.2 Å². The van der Waals surface area contributed by atoms with Crippen molar-refractivity contribution in [3.8, 4) is 0 Å². The van der Waals surface area contributed by atoms with E-state index in [0.29, 0.717) is 11.1 Å². The number of aliphatic hydroxyl groups is 4. The number of para-hydroxylation sites is 1. The number of benzene rings is 2. The summed E-state index contributed by atoms with van der Waals surface area (Å²) in [7, 11) is 0. The van der Waals surface area contributed by atoms with Crippen molar-refractivity contribution in [3.63, 3.8) is 0 Å². The highest BCUT2D eigenvalue weighted by Gasteiger charge is 2.45. The second-order valence-corrected chi connectivity index (χ2v) is 16.8. The molecule has 3 fully saturated rings. The maximum absolute atomic E-state index is 14.4. The van der Waals surface area contributed by atoms with Gasteiger partial charge >= 0.3 is 0 Å². The van der Waals surface area contributed by atoms with Crippen molar-refractivity contribution < 1.29 is 63.5 Å². The average molecular weight is 906 g/mol. The Morgan fingerprint density at radius 1 is 0.708 bits per heavy atom. The molecule has 22 heteroatoms. The maximum atomic E-state index is 14.4. The number of amides is 8. The largest absolute Gasteiger partial charge is 0.394 e. The number of aromatic amines is 1. The first-order valence-corrected chi connectivity index (χ1v) is 21.3. The number of H-pyrrole nitrogens is 1. The fourth-order valence-corrected chi connectivity index (χ4v) is 7.91. The van der Waals surface area contributed by atoms with E-state index >= 15 is 0 Å². The molecule has 2 aromatic carbocycles. The molecule has 65 heavy (non-hydrogen) atoms. The van der Waals surface area contributed by atoms with Crippen LogP contribution >= 0.6 is 0 Å². The van der Waals surface area contributed by atoms with Gasteiger partial charge in [-0.15, -0.1) is 0 Å². The second-order valence-electron chi connectivity index (χ2n) is 16.8. The SMILES string of the molecule is CC(C)C[C@@H]1NC(=O)[C@H]2CNC(=O)C[C@@H](NC(=O)[C@H](CC(=O)N[C@@H]3[C@@H](O)[C@H](O)[C@@H](CO)O[C@H]3O)NC1=O)C(=O)N[C@@H](Cc1c[nH]c3ccccc13)C(=O)N[C@@H](Cc1ccccc1)C(=O)N2. The van der Waals surface area contributed by atoms with Gasteiger partial charge in [0, 0.05) is 36.5 Å². The minimum absolute atomic E-state index is 0.0254. The van der Waals surface area contributed by atoms with Gasteiger partial charge in [-0.25, -0.2) is 0 Å². The molecule has 8 amide bonds. The van der Waals surface area contributed by atoms with E-state index in [4.69, 9.17) is 4.74 Å². The van der Waals surface area contributed by atoms with Gasteiger partial charge in [0.1, 0.15) is 60.6 Å². The third-order valence-corrected chi connectivity index (χ3v) is 11.4. The molecule has 350 valence electrons. The first-order chi connectivity index (χ1) is 31.0. The number of carbonyl (C=O) groups is 8. The van der Waals surface area contributed by atoms with Crippen LogP contribution in [0.2, 0.25) is 0 Å². The van der Waals surface area contributed by atoms with Crippen LogP contribution in [-0.4, -0.2) is 153 Å². The van der Waals surface area contributed by atoms with Crippen molar-refractivity contribution in [2.24, 2.45) is 5.92 Å². The Bertz CT molecular complexity index is 2240. The van der Waals surface area contributed by atoms with E-state index in [2.05, 4.69) is 47.5 Å². The zero-order valence-electron chi connectivity index (χ0n) is 35.6. The number of nitrogens with one attached hydrogen (secondary N) is 9. The quantitative estimate of drug-likeness (QED) is 0.0919. The molecule has 0 saturated carbocycles. The van der Waals surface area contributed by atoms with E-state index in [0.717, 1.165) is 10.9 Å². The molecule has 0 aliphatic carbocycles. The van der Waals surface area contributed by atoms with Crippen LogP contribution in [0.15, 0.2) is 60.8 Å². The number of fused-ring (bicyclic) bond motifs is 6. The summed E-state index contributed by atoms with van der Waals surface area (Å²) in [4.78, 5) is 116. The summed E-state index contributed by atoms with van der Waals surface area (Å²) in [5, 5.41) is 61.9. The summed E-state index contributed by atoms with van der Waals surface area (Å²) in [6.45, 7) is 2.17. The Kier molecular flexibility index (Phi) is 15.9. The Morgan fingerprint density at radius 2 is 1.29 bits per heavy atom. The Balaban J connectivity index is 1.38. The molecule has 6 rings (SSSR count). The molecule has 2 bridgehead atoms. The Labute approximate surface area is 372 Å². The zero-order chi connectivity index (χ0) is 46.9. The van der Waals surface area contributed by atoms with Crippen LogP contribution < -0.4 is 42.5 Å². The smallest absolute Gasteiger partial charge is 0.245 e. The van der Waals surface area contributed by atoms with E-state index < -0.39 is 140 Å². The lowest BCUT2D eigenvalue weighted by Gasteiger charge is -2.40. The third-order valence-electron chi connectivity index (χ3n) is 11.4. The fourth-order valence-electron chi connectivity index (χ4n) is 7.91. The van der Waals surface area contributed by atoms with E-state index in [-0.39, 0.29) is 25.2 Å². The Hall–Kier alpha value is -6.46. The molecule has 3 saturated heterocycles. The van der Waals surface area contributed by atoms with Gasteiger partial charge in [-0.2, -0.15) is 0 Å². The highest BCUT2D eigenvalue weighted by Crippen LogP contribution is 2.21. The van der Waals surface area contributed by atoms with Crippen molar-refractivity contribution >= 4 is 58.2 Å². The lowest BCUT2D eigenvalue weighted by Crippen LogP contribution is -2.65. The normalized spacial score (nSPS) is 29.7. The van der Waals surface area contributed by atoms with Crippen LogP contribution in [0, 0.1) is 5.92 Å². The van der Waals surface area contributed by atoms with E-state index in [9.17, 15) is 58.8 Å². The topological polar surface area (TPSA) is 339 Å². The highest BCUT2D eigenvalue weighted by atomic mass is 16.6. The minimum atomic E-state index is -1.93. The van der Waals surface area contributed by atoms with Crippen molar-refractivity contribution in [2.75, 3.05) is 13.2 Å². The van der Waals surface area contributed by atoms with Gasteiger partial charge in [0.05, 0.1) is 19.4 Å². The summed E-state index contributed by atoms with van der Waals surface area (Å²) >= 11 is 0. The van der Waals surface area contributed by atoms with Crippen molar-refractivity contribution in [2.45, 2.75) is 113 Å². The molecule has 3 aliphatic heterocycles. The van der Waals surface area contributed by atoms with E-state index in [1.807, 2.05) is 0 Å². The van der Waals surface area contributed by atoms with Crippen LogP contribution in [0.3, 0.4) is 0 Å². The molecule has 0 spiro atoms. The van der Waals surface area contributed by atoms with E-state index in [1.165, 1.54) is 0 Å². The predicted molar refractivity (Wildman–Crippen MR) is 227 cm³/mol. The third kappa shape index (κ3) is 12.2. The van der Waals surface area contributed by atoms with Crippen LogP contribution in [-0.2, 0) is 55.9 Å². The summed E-state index contributed by atoms with van der Waals surface area (Å²) < 4.78 is 5.11. The number of hydrogen-bond donors (Lipinski definition) is 13. The molecule has 13 N–H and O–H groups in total. The molecule has 4 heterocycles. The summed E-state index contributed by atoms with van der Waals surface area (Å²) in [5.74, 6) is -7.96. The Morgan fingerprint density at radius 3 is 2.02 bits per heavy atom. The molecule has 0 unspecified atom stereocenters. The first-order valence-electron chi connectivity index (χ1n) is 21.3. The van der Waals surface area contributed by atoms with E-state index in [1.54, 1.807) is 74.6 Å². The zero-order valence-corrected chi connectivity index (χ0v) is 35.6. The molecule has 0 radical (unpaired) electrons. The predicted octanol–water partition coefficient (Wildman–Crippen LogP) is -4.25. The monoisotopic (exact) mass is 905 g/mol. The fraction of sp³-hybridized carbons (Fsp3) is 0.488. The molecular weight excluding hydrogens is 851 g/mol. The molecule has 11 atom stereocenters. The number of rotatable bonds is 10. The van der Waals surface area contributed by atoms with Gasteiger partial charge in [0.2, 0.25) is 47.3 Å². The number of carbonyl (C=O) groups excluding carboxylic acids is 8. The van der Waals surface area contributed by atoms with Crippen LogP contribution in [0.4, 0.5) is 0 Å². The van der Waals surface area contributed by atoms with Crippen molar-refractivity contribution in [1.29, 1.82) is 0 Å². The highest BCUT2D eigenvalue weighted by molar-refractivity contribution is 6.01. The van der Waals surface area contributed by atoms with Crippen molar-refractivity contribution in [3.05, 3.63) is 71.9 Å². The molecule has 22 nitrogen and oxygen atoms in total. The van der Waals surface area contributed by atoms with Crippen molar-refractivity contribution in [1.82, 2.24) is 47.5 Å². The number of aliphatic hydroxyl groups excluding tert-OH is 4. The van der Waals surface area contributed by atoms with Crippen LogP contribution in [0.5, 0.6) is 0 Å². The summed E-state index contributed by atoms with van der Waals surface area (Å²) in [6, 6.07) is 4.85. The van der Waals surface area contributed by atoms with Gasteiger partial charge in [-0.3, -0.25) is 38.4 Å². The lowest BCUT2D eigenvalue weighted by molar-refractivity contribution is -0.253. The standard InChI is InChI=1S/C43H55N9O13/c1-20(2)12-25-37(58)50-29(16-33(55)52-34-36(57)35(56)31(19-53)65-43(34)64)41(62)49-28-15-32(54)45-18-30(42(63)46-25)51-38(59)26(13-21-8-4-3-5-9-21)47-39(60)27(48-40(28)61)14-22-17-44-24-11-7-6-10-23(22)24/h3-11,17,20,25-31,34-36,43-44,53,56-57,64H,12-16,18-19H2,1-2H3,(H,45,54)(H,46,63)(H,47,60)(H,48,61)(H,49,62)(H,50,58)(H,51,59)(H,52,55)/t25-,26-,27-,28+,29-,30+,31+,34+,35+,36+,43+/m0/s1. The maximum Gasteiger partial charge on any atom is 0.245 e. The molecular formula is C43H55N9O13. The summed E-state index contributed by atoms with van der Waals surface area (Å²) in [6.07, 6.45) is -7.23. The number of ether oxygens (including phenoxy) is 1. The van der Waals surface area contributed by atoms with Gasteiger partial charge in [0.25, 0.3) is 0 Å². The number of hydrogen-bond acceptors (Lipinski definition) is 13. The van der Waals surface area contributed by atoms with Crippen LogP contribution in [0.25, 0.3) is 10.9 Å². The first kappa shape index (κ1) is 48.0. The second kappa shape index (κ2) is 21.5. The minimum Gasteiger partial charge on any atom is -0.394 e. The summed E-state index contributed by atoms with van der Waals surface area (Å²) in [5.41, 5.74) is 1.95. The number of aromatic nitrogens is 1. The molecule has 3 aliphatic rings. The van der Waals surface area contributed by atoms with Gasteiger partial charge in [0.15, 0.2) is 6.29 Å². The average Bonchev–Trinajstić information content (AvgIpc) is 3.68. The molecule has 1 aromatic heterocycles. The van der Waals surface area contributed by atoms with Gasteiger partial charge in [-0.05, 0) is 29.5 Å². The van der Waals surface area contributed by atoms with Gasteiger partial charge < -0.3 is 72.7 Å².